The van der Waals surface area contributed by atoms with Crippen molar-refractivity contribution in [3.05, 3.63) is 12.3 Å². The Kier molecular flexibility index (Phi) is 3.80. The Labute approximate surface area is 73.0 Å². The first kappa shape index (κ1) is 9.26. The summed E-state index contributed by atoms with van der Waals surface area (Å²) in [4.78, 5) is 13.0. The van der Waals surface area contributed by atoms with Crippen molar-refractivity contribution in [3.8, 4) is 0 Å². The minimum absolute atomic E-state index is 0.182. The molecular weight excluding hydrogens is 154 g/mol. The van der Waals surface area contributed by atoms with Gasteiger partial charge in [0.2, 0.25) is 0 Å². The molecule has 0 aromatic rings. The smallest absolute Gasteiger partial charge is 0.156 e. The molecule has 0 saturated carbocycles. The minimum atomic E-state index is 0.182. The Bertz CT molecular complexity index is 171. The largest absolute Gasteiger partial charge is 0.378 e. The van der Waals surface area contributed by atoms with Crippen LogP contribution in [0, 0.1) is 0 Å². The van der Waals surface area contributed by atoms with Gasteiger partial charge in [-0.1, -0.05) is 6.92 Å². The lowest BCUT2D eigenvalue weighted by Gasteiger charge is -2.24. The SMILES string of the molecule is CCC(=O)C=CN1CCOCC1. The fourth-order valence-electron chi connectivity index (χ4n) is 1.03. The second kappa shape index (κ2) is 4.93. The molecule has 0 radical (unpaired) electrons. The van der Waals surface area contributed by atoms with Gasteiger partial charge in [-0.25, -0.2) is 0 Å². The van der Waals surface area contributed by atoms with Crippen LogP contribution in [-0.2, 0) is 9.53 Å². The molecule has 3 nitrogen and oxygen atoms in total. The van der Waals surface area contributed by atoms with Gasteiger partial charge in [0.25, 0.3) is 0 Å². The van der Waals surface area contributed by atoms with Gasteiger partial charge in [0.1, 0.15) is 0 Å². The van der Waals surface area contributed by atoms with Gasteiger partial charge in [-0.15, -0.1) is 0 Å². The second-order valence-corrected chi connectivity index (χ2v) is 2.78. The number of hydrogen-bond acceptors (Lipinski definition) is 3. The van der Waals surface area contributed by atoms with E-state index in [0.717, 1.165) is 26.3 Å². The van der Waals surface area contributed by atoms with E-state index in [0.29, 0.717) is 6.42 Å². The first-order valence-electron chi connectivity index (χ1n) is 4.35. The standard InChI is InChI=1S/C9H15NO2/c1-2-9(11)3-4-10-5-7-12-8-6-10/h3-4H,2,5-8H2,1H3. The number of ketones is 1. The van der Waals surface area contributed by atoms with Crippen LogP contribution in [0.15, 0.2) is 12.3 Å². The van der Waals surface area contributed by atoms with Gasteiger partial charge in [0, 0.05) is 25.7 Å². The average molecular weight is 169 g/mol. The van der Waals surface area contributed by atoms with Gasteiger partial charge in [-0.3, -0.25) is 4.79 Å². The molecule has 1 fully saturated rings. The summed E-state index contributed by atoms with van der Waals surface area (Å²) in [5.41, 5.74) is 0. The predicted molar refractivity (Wildman–Crippen MR) is 46.8 cm³/mol. The summed E-state index contributed by atoms with van der Waals surface area (Å²) < 4.78 is 5.17. The van der Waals surface area contributed by atoms with Crippen molar-refractivity contribution in [2.75, 3.05) is 26.3 Å². The van der Waals surface area contributed by atoms with Crippen LogP contribution in [0.4, 0.5) is 0 Å². The van der Waals surface area contributed by atoms with Crippen molar-refractivity contribution in [1.82, 2.24) is 4.90 Å². The summed E-state index contributed by atoms with van der Waals surface area (Å²) >= 11 is 0. The average Bonchev–Trinajstić information content (AvgIpc) is 2.16. The van der Waals surface area contributed by atoms with Crippen LogP contribution in [0.2, 0.25) is 0 Å². The predicted octanol–water partition coefficient (Wildman–Crippen LogP) is 0.811. The van der Waals surface area contributed by atoms with Crippen LogP contribution in [0.3, 0.4) is 0 Å². The Balaban J connectivity index is 2.28. The van der Waals surface area contributed by atoms with E-state index in [-0.39, 0.29) is 5.78 Å². The van der Waals surface area contributed by atoms with E-state index in [1.54, 1.807) is 6.08 Å². The molecule has 1 heterocycles. The number of allylic oxidation sites excluding steroid dienone is 1. The number of ether oxygens (including phenoxy) is 1. The monoisotopic (exact) mass is 169 g/mol. The van der Waals surface area contributed by atoms with E-state index in [4.69, 9.17) is 4.74 Å². The molecule has 1 aliphatic rings. The normalized spacial score (nSPS) is 18.6. The highest BCUT2D eigenvalue weighted by atomic mass is 16.5. The van der Waals surface area contributed by atoms with E-state index >= 15 is 0 Å². The van der Waals surface area contributed by atoms with Crippen molar-refractivity contribution < 1.29 is 9.53 Å². The molecule has 0 aromatic carbocycles. The van der Waals surface area contributed by atoms with Crippen molar-refractivity contribution in [3.63, 3.8) is 0 Å². The highest BCUT2D eigenvalue weighted by molar-refractivity contribution is 5.89. The van der Waals surface area contributed by atoms with E-state index in [1.807, 2.05) is 13.1 Å². The number of morpholine rings is 1. The molecule has 12 heavy (non-hydrogen) atoms. The first-order valence-corrected chi connectivity index (χ1v) is 4.35. The quantitative estimate of drug-likeness (QED) is 0.585. The maximum atomic E-state index is 10.9. The molecule has 68 valence electrons. The highest BCUT2D eigenvalue weighted by Crippen LogP contribution is 1.97. The highest BCUT2D eigenvalue weighted by Gasteiger charge is 2.05. The number of hydrogen-bond donors (Lipinski definition) is 0. The number of carbonyl (C=O) groups excluding carboxylic acids is 1. The van der Waals surface area contributed by atoms with Crippen LogP contribution in [0.1, 0.15) is 13.3 Å². The summed E-state index contributed by atoms with van der Waals surface area (Å²) in [7, 11) is 0. The van der Waals surface area contributed by atoms with E-state index in [1.165, 1.54) is 0 Å². The number of nitrogens with zero attached hydrogens (tertiary/aromatic N) is 1. The Morgan fingerprint density at radius 3 is 2.75 bits per heavy atom. The zero-order valence-corrected chi connectivity index (χ0v) is 7.45. The second-order valence-electron chi connectivity index (χ2n) is 2.78. The van der Waals surface area contributed by atoms with Crippen LogP contribution < -0.4 is 0 Å². The molecule has 1 rings (SSSR count). The summed E-state index contributed by atoms with van der Waals surface area (Å²) in [6.45, 7) is 5.20. The lowest BCUT2D eigenvalue weighted by atomic mass is 10.3. The summed E-state index contributed by atoms with van der Waals surface area (Å²) in [6, 6.07) is 0. The number of rotatable bonds is 3. The molecular formula is C9H15NO2. The minimum Gasteiger partial charge on any atom is -0.378 e. The molecule has 3 heteroatoms. The third-order valence-electron chi connectivity index (χ3n) is 1.87. The molecule has 0 spiro atoms. The Morgan fingerprint density at radius 1 is 1.50 bits per heavy atom. The third kappa shape index (κ3) is 3.05. The van der Waals surface area contributed by atoms with Gasteiger partial charge in [-0.2, -0.15) is 0 Å². The van der Waals surface area contributed by atoms with Crippen LogP contribution >= 0.6 is 0 Å². The fourth-order valence-corrected chi connectivity index (χ4v) is 1.03. The molecule has 0 atom stereocenters. The molecule has 0 N–H and O–H groups in total. The van der Waals surface area contributed by atoms with Crippen molar-refractivity contribution in [1.29, 1.82) is 0 Å². The molecule has 1 aliphatic heterocycles. The van der Waals surface area contributed by atoms with Crippen LogP contribution in [0.5, 0.6) is 0 Å². The van der Waals surface area contributed by atoms with Gasteiger partial charge >= 0.3 is 0 Å². The third-order valence-corrected chi connectivity index (χ3v) is 1.87. The molecule has 0 unspecified atom stereocenters. The zero-order valence-electron chi connectivity index (χ0n) is 7.45. The maximum Gasteiger partial charge on any atom is 0.156 e. The lowest BCUT2D eigenvalue weighted by Crippen LogP contribution is -2.32. The van der Waals surface area contributed by atoms with Crippen LogP contribution in [-0.4, -0.2) is 37.0 Å². The van der Waals surface area contributed by atoms with Gasteiger partial charge in [0.15, 0.2) is 5.78 Å². The Morgan fingerprint density at radius 2 is 2.17 bits per heavy atom. The van der Waals surface area contributed by atoms with Crippen LogP contribution in [0.25, 0.3) is 0 Å². The summed E-state index contributed by atoms with van der Waals surface area (Å²) in [5, 5.41) is 0. The van der Waals surface area contributed by atoms with Crippen molar-refractivity contribution >= 4 is 5.78 Å². The molecule has 0 aromatic heterocycles. The fraction of sp³-hybridized carbons (Fsp3) is 0.667. The van der Waals surface area contributed by atoms with Crippen molar-refractivity contribution in [2.45, 2.75) is 13.3 Å². The van der Waals surface area contributed by atoms with E-state index < -0.39 is 0 Å². The van der Waals surface area contributed by atoms with Gasteiger partial charge in [-0.05, 0) is 6.08 Å². The topological polar surface area (TPSA) is 29.5 Å². The van der Waals surface area contributed by atoms with E-state index in [2.05, 4.69) is 4.90 Å². The lowest BCUT2D eigenvalue weighted by molar-refractivity contribution is -0.114. The molecule has 0 aliphatic carbocycles. The van der Waals surface area contributed by atoms with E-state index in [9.17, 15) is 4.79 Å². The van der Waals surface area contributed by atoms with Gasteiger partial charge < -0.3 is 9.64 Å². The summed E-state index contributed by atoms with van der Waals surface area (Å²) in [6.07, 6.45) is 4.10. The molecule has 0 bridgehead atoms. The van der Waals surface area contributed by atoms with Gasteiger partial charge in [0.05, 0.1) is 13.2 Å². The Hall–Kier alpha value is -0.830. The summed E-state index contributed by atoms with van der Waals surface area (Å²) in [5.74, 6) is 0.182. The zero-order chi connectivity index (χ0) is 8.81. The van der Waals surface area contributed by atoms with Crippen molar-refractivity contribution in [2.24, 2.45) is 0 Å². The molecule has 1 saturated heterocycles. The first-order chi connectivity index (χ1) is 5.83. The maximum absolute atomic E-state index is 10.9. The molecule has 0 amide bonds. The number of carbonyl (C=O) groups is 1.